The number of fused-ring (bicyclic) bond motifs is 1. The maximum atomic E-state index is 13.1. The van der Waals surface area contributed by atoms with Crippen LogP contribution in [-0.4, -0.2) is 56.9 Å². The van der Waals surface area contributed by atoms with Gasteiger partial charge in [0.1, 0.15) is 6.04 Å². The van der Waals surface area contributed by atoms with Crippen LogP contribution in [0, 0.1) is 6.92 Å². The summed E-state index contributed by atoms with van der Waals surface area (Å²) in [5, 5.41) is 13.3. The Labute approximate surface area is 163 Å². The van der Waals surface area contributed by atoms with Gasteiger partial charge in [-0.1, -0.05) is 18.6 Å². The standard InChI is InChI=1S/C20H26N6O2/c1-14-6-7-15-13-16(20(27)21-17(15)12-14)18(25-8-4-3-5-9-25)19-22-23-24-26(19)10-11-28-2/h6-7,12-13,18H,3-5,8-11H2,1-2H3,(H,21,27)/t18-/m1/s1. The molecular formula is C20H26N6O2. The van der Waals surface area contributed by atoms with Crippen molar-refractivity contribution in [3.63, 3.8) is 0 Å². The molecule has 1 aliphatic rings. The van der Waals surface area contributed by atoms with Crippen LogP contribution in [0.5, 0.6) is 0 Å². The molecule has 0 radical (unpaired) electrons. The number of piperidine rings is 1. The average molecular weight is 382 g/mol. The molecule has 0 bridgehead atoms. The number of hydrogen-bond donors (Lipinski definition) is 1. The van der Waals surface area contributed by atoms with E-state index < -0.39 is 0 Å². The first-order valence-corrected chi connectivity index (χ1v) is 9.80. The van der Waals surface area contributed by atoms with Crippen LogP contribution in [0.15, 0.2) is 29.1 Å². The zero-order valence-electron chi connectivity index (χ0n) is 16.4. The number of benzene rings is 1. The number of ether oxygens (including phenoxy) is 1. The Kier molecular flexibility index (Phi) is 5.50. The van der Waals surface area contributed by atoms with Crippen LogP contribution < -0.4 is 5.56 Å². The summed E-state index contributed by atoms with van der Waals surface area (Å²) in [4.78, 5) is 18.4. The van der Waals surface area contributed by atoms with E-state index >= 15 is 0 Å². The first kappa shape index (κ1) is 18.8. The van der Waals surface area contributed by atoms with E-state index in [2.05, 4.69) is 31.5 Å². The van der Waals surface area contributed by atoms with Crippen LogP contribution in [0.4, 0.5) is 0 Å². The van der Waals surface area contributed by atoms with Gasteiger partial charge in [0.05, 0.1) is 13.2 Å². The number of likely N-dealkylation sites (tertiary alicyclic amines) is 1. The summed E-state index contributed by atoms with van der Waals surface area (Å²) in [5.41, 5.74) is 2.57. The number of aryl methyl sites for hydroxylation is 1. The molecule has 2 aromatic heterocycles. The summed E-state index contributed by atoms with van der Waals surface area (Å²) in [6.07, 6.45) is 3.44. The molecule has 0 spiro atoms. The molecule has 0 amide bonds. The normalized spacial score (nSPS) is 16.5. The summed E-state index contributed by atoms with van der Waals surface area (Å²) >= 11 is 0. The second kappa shape index (κ2) is 8.20. The quantitative estimate of drug-likeness (QED) is 0.702. The Morgan fingerprint density at radius 2 is 2.04 bits per heavy atom. The first-order valence-electron chi connectivity index (χ1n) is 9.80. The van der Waals surface area contributed by atoms with Crippen molar-refractivity contribution in [2.75, 3.05) is 26.8 Å². The molecule has 3 heterocycles. The Bertz CT molecular complexity index is 1010. The highest BCUT2D eigenvalue weighted by Crippen LogP contribution is 2.29. The van der Waals surface area contributed by atoms with Gasteiger partial charge in [-0.2, -0.15) is 0 Å². The highest BCUT2D eigenvalue weighted by Gasteiger charge is 2.31. The molecule has 1 N–H and O–H groups in total. The molecule has 1 saturated heterocycles. The molecule has 1 atom stereocenters. The van der Waals surface area contributed by atoms with E-state index in [-0.39, 0.29) is 11.6 Å². The molecule has 0 saturated carbocycles. The summed E-state index contributed by atoms with van der Waals surface area (Å²) in [6.45, 7) is 4.93. The van der Waals surface area contributed by atoms with Gasteiger partial charge in [0.2, 0.25) is 0 Å². The number of H-pyrrole nitrogens is 1. The fourth-order valence-electron chi connectivity index (χ4n) is 3.95. The number of rotatable bonds is 6. The van der Waals surface area contributed by atoms with E-state index in [1.165, 1.54) is 6.42 Å². The summed E-state index contributed by atoms with van der Waals surface area (Å²) in [7, 11) is 1.65. The van der Waals surface area contributed by atoms with Crippen molar-refractivity contribution in [1.29, 1.82) is 0 Å². The monoisotopic (exact) mass is 382 g/mol. The van der Waals surface area contributed by atoms with E-state index in [1.807, 2.05) is 25.1 Å². The molecule has 4 rings (SSSR count). The average Bonchev–Trinajstić information content (AvgIpc) is 3.16. The van der Waals surface area contributed by atoms with Crippen LogP contribution >= 0.6 is 0 Å². The molecule has 3 aromatic rings. The highest BCUT2D eigenvalue weighted by atomic mass is 16.5. The van der Waals surface area contributed by atoms with E-state index in [0.717, 1.165) is 42.4 Å². The van der Waals surface area contributed by atoms with Crippen LogP contribution in [0.25, 0.3) is 10.9 Å². The number of tetrazole rings is 1. The molecule has 1 aromatic carbocycles. The fourth-order valence-corrected chi connectivity index (χ4v) is 3.95. The Hall–Kier alpha value is -2.58. The molecular weight excluding hydrogens is 356 g/mol. The number of nitrogens with zero attached hydrogens (tertiary/aromatic N) is 5. The van der Waals surface area contributed by atoms with E-state index in [4.69, 9.17) is 4.74 Å². The second-order valence-electron chi connectivity index (χ2n) is 7.40. The van der Waals surface area contributed by atoms with E-state index in [0.29, 0.717) is 24.5 Å². The van der Waals surface area contributed by atoms with Crippen molar-refractivity contribution >= 4 is 10.9 Å². The zero-order chi connectivity index (χ0) is 19.5. The van der Waals surface area contributed by atoms with Gasteiger partial charge in [0.15, 0.2) is 5.82 Å². The molecule has 0 aliphatic carbocycles. The van der Waals surface area contributed by atoms with Crippen molar-refractivity contribution in [3.05, 3.63) is 51.6 Å². The van der Waals surface area contributed by atoms with Crippen LogP contribution in [0.2, 0.25) is 0 Å². The molecule has 1 fully saturated rings. The summed E-state index contributed by atoms with van der Waals surface area (Å²) in [6, 6.07) is 7.82. The number of methoxy groups -OCH3 is 1. The SMILES string of the molecule is COCCn1nnnc1[C@@H](c1cc2ccc(C)cc2[nH]c1=O)N1CCCCC1. The minimum atomic E-state index is -0.276. The predicted octanol–water partition coefficient (Wildman–Crippen LogP) is 2.04. The van der Waals surface area contributed by atoms with Gasteiger partial charge in [-0.15, -0.1) is 5.10 Å². The second-order valence-corrected chi connectivity index (χ2v) is 7.40. The van der Waals surface area contributed by atoms with Gasteiger partial charge in [-0.05, 0) is 66.4 Å². The third kappa shape index (κ3) is 3.70. The van der Waals surface area contributed by atoms with Gasteiger partial charge >= 0.3 is 0 Å². The predicted molar refractivity (Wildman–Crippen MR) is 106 cm³/mol. The summed E-state index contributed by atoms with van der Waals surface area (Å²) in [5.74, 6) is 0.691. The maximum absolute atomic E-state index is 13.1. The molecule has 0 unspecified atom stereocenters. The van der Waals surface area contributed by atoms with Crippen LogP contribution in [-0.2, 0) is 11.3 Å². The van der Waals surface area contributed by atoms with E-state index in [1.54, 1.807) is 11.8 Å². The number of aromatic amines is 1. The number of pyridine rings is 1. The molecule has 8 heteroatoms. The van der Waals surface area contributed by atoms with Crippen molar-refractivity contribution in [1.82, 2.24) is 30.1 Å². The molecule has 148 valence electrons. The van der Waals surface area contributed by atoms with Gasteiger partial charge in [-0.25, -0.2) is 4.68 Å². The Balaban J connectivity index is 1.83. The summed E-state index contributed by atoms with van der Waals surface area (Å²) < 4.78 is 6.95. The third-order valence-corrected chi connectivity index (χ3v) is 5.39. The van der Waals surface area contributed by atoms with Crippen molar-refractivity contribution in [2.24, 2.45) is 0 Å². The van der Waals surface area contributed by atoms with Gasteiger partial charge in [0.25, 0.3) is 5.56 Å². The minimum Gasteiger partial charge on any atom is -0.383 e. The topological polar surface area (TPSA) is 88.9 Å². The lowest BCUT2D eigenvalue weighted by molar-refractivity contribution is 0.163. The third-order valence-electron chi connectivity index (χ3n) is 5.39. The Morgan fingerprint density at radius 3 is 2.82 bits per heavy atom. The lowest BCUT2D eigenvalue weighted by atomic mass is 10.00. The van der Waals surface area contributed by atoms with E-state index in [9.17, 15) is 4.79 Å². The number of nitrogens with one attached hydrogen (secondary N) is 1. The van der Waals surface area contributed by atoms with Crippen molar-refractivity contribution in [3.8, 4) is 0 Å². The Morgan fingerprint density at radius 1 is 1.21 bits per heavy atom. The largest absolute Gasteiger partial charge is 0.383 e. The van der Waals surface area contributed by atoms with Crippen molar-refractivity contribution < 1.29 is 4.74 Å². The maximum Gasteiger partial charge on any atom is 0.253 e. The van der Waals surface area contributed by atoms with Crippen molar-refractivity contribution in [2.45, 2.75) is 38.8 Å². The smallest absolute Gasteiger partial charge is 0.253 e. The minimum absolute atomic E-state index is 0.0880. The molecule has 28 heavy (non-hydrogen) atoms. The van der Waals surface area contributed by atoms with Gasteiger partial charge < -0.3 is 9.72 Å². The highest BCUT2D eigenvalue weighted by molar-refractivity contribution is 5.79. The number of hydrogen-bond acceptors (Lipinski definition) is 6. The fraction of sp³-hybridized carbons (Fsp3) is 0.500. The van der Waals surface area contributed by atoms with Gasteiger partial charge in [-0.3, -0.25) is 9.69 Å². The number of aromatic nitrogens is 5. The first-order chi connectivity index (χ1) is 13.7. The lowest BCUT2D eigenvalue weighted by Gasteiger charge is -2.33. The van der Waals surface area contributed by atoms with Crippen LogP contribution in [0.1, 0.15) is 42.3 Å². The van der Waals surface area contributed by atoms with Crippen LogP contribution in [0.3, 0.4) is 0 Å². The zero-order valence-corrected chi connectivity index (χ0v) is 16.4. The van der Waals surface area contributed by atoms with Gasteiger partial charge in [0, 0.05) is 18.2 Å². The molecule has 1 aliphatic heterocycles. The lowest BCUT2D eigenvalue weighted by Crippen LogP contribution is -2.38. The molecule has 8 nitrogen and oxygen atoms in total.